The molecule has 0 atom stereocenters. The van der Waals surface area contributed by atoms with Gasteiger partial charge < -0.3 is 5.32 Å². The molecule has 0 amide bonds. The van der Waals surface area contributed by atoms with Gasteiger partial charge in [0.15, 0.2) is 0 Å². The molecule has 0 unspecified atom stereocenters. The van der Waals surface area contributed by atoms with Gasteiger partial charge in [0.1, 0.15) is 0 Å². The number of nitrogens with zero attached hydrogens (tertiary/aromatic N) is 2. The normalized spacial score (nSPS) is 11.3. The van der Waals surface area contributed by atoms with E-state index >= 15 is 0 Å². The molecule has 0 saturated heterocycles. The van der Waals surface area contributed by atoms with Crippen molar-refractivity contribution in [3.05, 3.63) is 125 Å². The average Bonchev–Trinajstić information content (AvgIpc) is 2.87. The lowest BCUT2D eigenvalue weighted by Gasteiger charge is -2.16. The van der Waals surface area contributed by atoms with E-state index in [1.165, 1.54) is 38.6 Å². The zero-order valence-corrected chi connectivity index (χ0v) is 21.3. The summed E-state index contributed by atoms with van der Waals surface area (Å²) in [6, 6.07) is 31.9. The Bertz CT molecular complexity index is 1560. The standard InChI is InChI=1S/C33H31N3/c1-22-18-24(3)33(25(4)19-22)35-21-28-12-9-15-31(36-28)32-27(17-16-26-11-6-7-13-29(26)32)20-34-30-14-8-5-10-23(30)2/h5-19,21,34H,20H2,1-4H3. The van der Waals surface area contributed by atoms with Crippen LogP contribution in [-0.2, 0) is 6.54 Å². The Hall–Kier alpha value is -4.24. The molecular formula is C33H31N3. The number of anilines is 1. The van der Waals surface area contributed by atoms with Gasteiger partial charge in [0.2, 0.25) is 0 Å². The van der Waals surface area contributed by atoms with Crippen molar-refractivity contribution in [1.29, 1.82) is 0 Å². The van der Waals surface area contributed by atoms with Crippen LogP contribution in [0.3, 0.4) is 0 Å². The van der Waals surface area contributed by atoms with E-state index in [4.69, 9.17) is 9.98 Å². The summed E-state index contributed by atoms with van der Waals surface area (Å²) in [5.41, 5.74) is 11.2. The topological polar surface area (TPSA) is 37.3 Å². The number of hydrogen-bond donors (Lipinski definition) is 1. The first-order valence-corrected chi connectivity index (χ1v) is 12.4. The predicted octanol–water partition coefficient (Wildman–Crippen LogP) is 8.50. The van der Waals surface area contributed by atoms with Gasteiger partial charge in [-0.2, -0.15) is 0 Å². The summed E-state index contributed by atoms with van der Waals surface area (Å²) >= 11 is 0. The lowest BCUT2D eigenvalue weighted by atomic mass is 9.95. The van der Waals surface area contributed by atoms with Crippen LogP contribution < -0.4 is 5.32 Å². The molecule has 5 rings (SSSR count). The van der Waals surface area contributed by atoms with E-state index in [1.54, 1.807) is 0 Å². The molecule has 5 aromatic rings. The zero-order chi connectivity index (χ0) is 25.1. The maximum atomic E-state index is 5.04. The molecule has 0 bridgehead atoms. The lowest BCUT2D eigenvalue weighted by molar-refractivity contribution is 1.14. The number of aryl methyl sites for hydroxylation is 4. The summed E-state index contributed by atoms with van der Waals surface area (Å²) in [6.07, 6.45) is 1.88. The van der Waals surface area contributed by atoms with Gasteiger partial charge in [0.25, 0.3) is 0 Å². The molecule has 1 heterocycles. The Labute approximate surface area is 213 Å². The first kappa shape index (κ1) is 23.5. The number of aliphatic imine (C=N–C) groups is 1. The van der Waals surface area contributed by atoms with Crippen LogP contribution in [0.4, 0.5) is 11.4 Å². The minimum Gasteiger partial charge on any atom is -0.381 e. The highest BCUT2D eigenvalue weighted by Gasteiger charge is 2.12. The Morgan fingerprint density at radius 3 is 2.31 bits per heavy atom. The molecule has 0 fully saturated rings. The Morgan fingerprint density at radius 1 is 0.750 bits per heavy atom. The van der Waals surface area contributed by atoms with Crippen LogP contribution >= 0.6 is 0 Å². The van der Waals surface area contributed by atoms with E-state index in [9.17, 15) is 0 Å². The second kappa shape index (κ2) is 10.2. The van der Waals surface area contributed by atoms with Crippen molar-refractivity contribution in [3.8, 4) is 11.3 Å². The molecule has 36 heavy (non-hydrogen) atoms. The lowest BCUT2D eigenvalue weighted by Crippen LogP contribution is -2.04. The molecule has 0 aliphatic rings. The van der Waals surface area contributed by atoms with Crippen molar-refractivity contribution in [2.24, 2.45) is 4.99 Å². The maximum Gasteiger partial charge on any atom is 0.0820 e. The van der Waals surface area contributed by atoms with Gasteiger partial charge in [0.05, 0.1) is 23.3 Å². The number of fused-ring (bicyclic) bond motifs is 1. The molecule has 0 radical (unpaired) electrons. The molecule has 178 valence electrons. The summed E-state index contributed by atoms with van der Waals surface area (Å²) < 4.78 is 0. The molecule has 0 aliphatic heterocycles. The van der Waals surface area contributed by atoms with Gasteiger partial charge in [-0.05, 0) is 78.9 Å². The van der Waals surface area contributed by atoms with Crippen LogP contribution in [0.15, 0.2) is 96.0 Å². The average molecular weight is 470 g/mol. The number of rotatable bonds is 6. The fraction of sp³-hybridized carbons (Fsp3) is 0.152. The second-order valence-corrected chi connectivity index (χ2v) is 9.44. The second-order valence-electron chi connectivity index (χ2n) is 9.44. The zero-order valence-electron chi connectivity index (χ0n) is 21.3. The van der Waals surface area contributed by atoms with E-state index in [1.807, 2.05) is 12.3 Å². The monoisotopic (exact) mass is 469 g/mol. The quantitative estimate of drug-likeness (QED) is 0.253. The number of aromatic nitrogens is 1. The Morgan fingerprint density at radius 2 is 1.50 bits per heavy atom. The van der Waals surface area contributed by atoms with Crippen molar-refractivity contribution in [3.63, 3.8) is 0 Å². The minimum absolute atomic E-state index is 0.715. The van der Waals surface area contributed by atoms with E-state index in [-0.39, 0.29) is 0 Å². The van der Waals surface area contributed by atoms with Crippen LogP contribution in [0.25, 0.3) is 22.0 Å². The molecule has 1 N–H and O–H groups in total. The van der Waals surface area contributed by atoms with Crippen molar-refractivity contribution >= 4 is 28.4 Å². The van der Waals surface area contributed by atoms with Crippen LogP contribution in [0.5, 0.6) is 0 Å². The molecule has 4 aromatic carbocycles. The molecular weight excluding hydrogens is 438 g/mol. The summed E-state index contributed by atoms with van der Waals surface area (Å²) in [4.78, 5) is 9.86. The van der Waals surface area contributed by atoms with E-state index in [0.29, 0.717) is 6.54 Å². The molecule has 3 nitrogen and oxygen atoms in total. The fourth-order valence-corrected chi connectivity index (χ4v) is 4.90. The number of benzene rings is 4. The molecule has 1 aromatic heterocycles. The largest absolute Gasteiger partial charge is 0.381 e. The first-order chi connectivity index (χ1) is 17.5. The van der Waals surface area contributed by atoms with Crippen molar-refractivity contribution < 1.29 is 0 Å². The highest BCUT2D eigenvalue weighted by atomic mass is 14.9. The number of nitrogens with one attached hydrogen (secondary N) is 1. The maximum absolute atomic E-state index is 5.04. The Kier molecular flexibility index (Phi) is 6.64. The predicted molar refractivity (Wildman–Crippen MR) is 154 cm³/mol. The van der Waals surface area contributed by atoms with E-state index in [2.05, 4.69) is 118 Å². The third-order valence-electron chi connectivity index (χ3n) is 6.62. The van der Waals surface area contributed by atoms with E-state index < -0.39 is 0 Å². The fourth-order valence-electron chi connectivity index (χ4n) is 4.90. The van der Waals surface area contributed by atoms with Gasteiger partial charge in [-0.1, -0.05) is 78.4 Å². The molecule has 0 saturated carbocycles. The summed E-state index contributed by atoms with van der Waals surface area (Å²) in [7, 11) is 0. The molecule has 0 aliphatic carbocycles. The van der Waals surface area contributed by atoms with Gasteiger partial charge in [-0.15, -0.1) is 0 Å². The van der Waals surface area contributed by atoms with E-state index in [0.717, 1.165) is 28.3 Å². The van der Waals surface area contributed by atoms with Crippen molar-refractivity contribution in [2.75, 3.05) is 5.32 Å². The molecule has 0 spiro atoms. The van der Waals surface area contributed by atoms with Gasteiger partial charge in [-0.3, -0.25) is 4.99 Å². The smallest absolute Gasteiger partial charge is 0.0820 e. The third-order valence-corrected chi connectivity index (χ3v) is 6.62. The summed E-state index contributed by atoms with van der Waals surface area (Å²) in [5, 5.41) is 6.04. The van der Waals surface area contributed by atoms with Crippen LogP contribution in [0.1, 0.15) is 33.5 Å². The van der Waals surface area contributed by atoms with Crippen LogP contribution in [-0.4, -0.2) is 11.2 Å². The van der Waals surface area contributed by atoms with Gasteiger partial charge in [0, 0.05) is 17.8 Å². The summed E-state index contributed by atoms with van der Waals surface area (Å²) in [5.74, 6) is 0. The van der Waals surface area contributed by atoms with Crippen LogP contribution in [0, 0.1) is 27.7 Å². The van der Waals surface area contributed by atoms with Gasteiger partial charge in [-0.25, -0.2) is 4.98 Å². The first-order valence-electron chi connectivity index (χ1n) is 12.4. The van der Waals surface area contributed by atoms with Gasteiger partial charge >= 0.3 is 0 Å². The molecule has 3 heteroatoms. The number of pyridine rings is 1. The van der Waals surface area contributed by atoms with Crippen LogP contribution in [0.2, 0.25) is 0 Å². The Balaban J connectivity index is 1.54. The highest BCUT2D eigenvalue weighted by Crippen LogP contribution is 2.32. The third kappa shape index (κ3) is 4.92. The minimum atomic E-state index is 0.715. The van der Waals surface area contributed by atoms with Crippen molar-refractivity contribution in [1.82, 2.24) is 4.98 Å². The SMILES string of the molecule is Cc1cc(C)c(N=Cc2cccc(-c3c(CNc4ccccc4C)ccc4ccccc34)n2)c(C)c1. The number of para-hydroxylation sites is 1. The summed E-state index contributed by atoms with van der Waals surface area (Å²) in [6.45, 7) is 9.19. The highest BCUT2D eigenvalue weighted by molar-refractivity contribution is 5.98. The van der Waals surface area contributed by atoms with Crippen molar-refractivity contribution in [2.45, 2.75) is 34.2 Å². The number of hydrogen-bond acceptors (Lipinski definition) is 3.